The summed E-state index contributed by atoms with van der Waals surface area (Å²) in [6, 6.07) is 64.5. The van der Waals surface area contributed by atoms with Crippen LogP contribution in [0.25, 0.3) is 66.4 Å². The van der Waals surface area contributed by atoms with Gasteiger partial charge in [0, 0.05) is 0 Å². The number of thiophene rings is 2. The molecule has 4 atom stereocenters. The van der Waals surface area contributed by atoms with Crippen LogP contribution in [0.2, 0.25) is 0 Å². The first-order valence-electron chi connectivity index (χ1n) is 21.9. The molecule has 312 valence electrons. The van der Waals surface area contributed by atoms with Crippen molar-refractivity contribution in [1.82, 2.24) is 0 Å². The van der Waals surface area contributed by atoms with Crippen LogP contribution in [0.15, 0.2) is 170 Å². The van der Waals surface area contributed by atoms with Gasteiger partial charge in [-0.3, -0.25) is 0 Å². The Balaban J connectivity index is 0.00000272. The van der Waals surface area contributed by atoms with E-state index in [0.717, 1.165) is 12.8 Å². The van der Waals surface area contributed by atoms with Gasteiger partial charge in [-0.1, -0.05) is 0 Å². The second kappa shape index (κ2) is 19.8. The Hall–Kier alpha value is -4.34. The fourth-order valence-corrected chi connectivity index (χ4v) is 16.8. The molecule has 63 heavy (non-hydrogen) atoms. The Bertz CT molecular complexity index is 2690. The number of fused-ring (bicyclic) bond motifs is 2. The molecule has 0 fully saturated rings. The van der Waals surface area contributed by atoms with Crippen LogP contribution in [0.1, 0.15) is 103 Å². The summed E-state index contributed by atoms with van der Waals surface area (Å²) < 4.78 is 0.790. The predicted molar refractivity (Wildman–Crippen MR) is 262 cm³/mol. The van der Waals surface area contributed by atoms with E-state index in [1.54, 1.807) is 0 Å². The summed E-state index contributed by atoms with van der Waals surface area (Å²) in [6.07, 6.45) is 7.48. The van der Waals surface area contributed by atoms with E-state index < -0.39 is 23.2 Å². The van der Waals surface area contributed by atoms with E-state index in [-0.39, 0.29) is 24.8 Å². The van der Waals surface area contributed by atoms with Crippen LogP contribution in [0, 0.1) is 0 Å². The van der Waals surface area contributed by atoms with E-state index >= 15 is 0 Å². The fourth-order valence-electron chi connectivity index (χ4n) is 9.22. The summed E-state index contributed by atoms with van der Waals surface area (Å²) in [4.78, 5) is 5.47. The Morgan fingerprint density at radius 1 is 0.413 bits per heavy atom. The first-order chi connectivity index (χ1) is 30.0. The minimum Gasteiger partial charge on any atom is -1.00 e. The second-order valence-electron chi connectivity index (χ2n) is 16.8. The van der Waals surface area contributed by atoms with Crippen LogP contribution in [0.5, 0.6) is 0 Å². The molecule has 5 heteroatoms. The summed E-state index contributed by atoms with van der Waals surface area (Å²) in [5, 5.41) is 0. The number of halogens is 2. The van der Waals surface area contributed by atoms with Gasteiger partial charge in [0.2, 0.25) is 0 Å². The van der Waals surface area contributed by atoms with Crippen molar-refractivity contribution in [2.45, 2.75) is 59.6 Å². The zero-order chi connectivity index (χ0) is 41.5. The molecule has 8 aromatic rings. The van der Waals surface area contributed by atoms with Crippen molar-refractivity contribution < 1.29 is 48.0 Å². The van der Waals surface area contributed by atoms with Crippen molar-refractivity contribution in [2.24, 2.45) is 0 Å². The molecule has 2 aliphatic carbocycles. The number of hydrogen-bond donors (Lipinski definition) is 0. The Morgan fingerprint density at radius 3 is 1.17 bits per heavy atom. The number of rotatable bonds is 12. The van der Waals surface area contributed by atoms with Crippen LogP contribution >= 0.6 is 22.7 Å². The van der Waals surface area contributed by atoms with E-state index in [0.29, 0.717) is 19.1 Å². The molecular formula is C58H50Cl2S2Zr. The minimum atomic E-state index is -1.32. The first kappa shape index (κ1) is 45.2. The molecule has 0 saturated heterocycles. The van der Waals surface area contributed by atoms with Gasteiger partial charge in [-0.05, 0) is 0 Å². The summed E-state index contributed by atoms with van der Waals surface area (Å²) in [6.45, 7) is 9.23. The van der Waals surface area contributed by atoms with E-state index in [1.807, 2.05) is 22.7 Å². The van der Waals surface area contributed by atoms with Crippen LogP contribution < -0.4 is 24.8 Å². The predicted octanol–water partition coefficient (Wildman–Crippen LogP) is 11.5. The molecule has 0 amide bonds. The van der Waals surface area contributed by atoms with E-state index in [1.165, 1.54) is 97.4 Å². The van der Waals surface area contributed by atoms with Gasteiger partial charge in [0.1, 0.15) is 0 Å². The maximum atomic E-state index is 2.59. The van der Waals surface area contributed by atoms with Gasteiger partial charge in [0.05, 0.1) is 0 Å². The zero-order valence-electron chi connectivity index (χ0n) is 36.1. The van der Waals surface area contributed by atoms with Gasteiger partial charge in [-0.15, -0.1) is 0 Å². The van der Waals surface area contributed by atoms with Crippen molar-refractivity contribution in [2.75, 3.05) is 0 Å². The van der Waals surface area contributed by atoms with Crippen molar-refractivity contribution >= 4 is 46.0 Å². The third kappa shape index (κ3) is 8.90. The summed E-state index contributed by atoms with van der Waals surface area (Å²) >= 11 is 2.60. The SMILES string of the molecule is CCC(C)c1ccc(-c2cccc3c2C=C(c2ccc(-c4ccccc4)s2)[CH]3[Zr+2][CH]2C(c3ccc(-c4ccccc4)s3)=Cc3c(-c4ccc(C(C)CC)cc4)cccc32)cc1.[Cl-].[Cl-]. The van der Waals surface area contributed by atoms with Gasteiger partial charge < -0.3 is 24.8 Å². The van der Waals surface area contributed by atoms with Gasteiger partial charge in [0.25, 0.3) is 0 Å². The largest absolute Gasteiger partial charge is 1.00 e. The van der Waals surface area contributed by atoms with Gasteiger partial charge in [0.15, 0.2) is 0 Å². The number of hydrogen-bond acceptors (Lipinski definition) is 2. The van der Waals surface area contributed by atoms with Gasteiger partial charge in [-0.25, -0.2) is 0 Å². The van der Waals surface area contributed by atoms with Gasteiger partial charge >= 0.3 is 385 Å². The average Bonchev–Trinajstić information content (AvgIpc) is 4.15. The fraction of sp³-hybridized carbons (Fsp3) is 0.172. The Labute approximate surface area is 406 Å². The van der Waals surface area contributed by atoms with Crippen LogP contribution in [-0.2, 0) is 23.2 Å². The third-order valence-electron chi connectivity index (χ3n) is 13.2. The third-order valence-corrected chi connectivity index (χ3v) is 20.2. The second-order valence-corrected chi connectivity index (χ2v) is 22.6. The van der Waals surface area contributed by atoms with Crippen molar-refractivity contribution in [3.8, 4) is 43.1 Å². The topological polar surface area (TPSA) is 0 Å². The van der Waals surface area contributed by atoms with E-state index in [9.17, 15) is 0 Å². The monoisotopic (exact) mass is 970 g/mol. The Morgan fingerprint density at radius 2 is 0.794 bits per heavy atom. The quantitative estimate of drug-likeness (QED) is 0.114. The molecule has 6 aromatic carbocycles. The molecule has 2 heterocycles. The average molecular weight is 973 g/mol. The van der Waals surface area contributed by atoms with Crippen molar-refractivity contribution in [1.29, 1.82) is 0 Å². The first-order valence-corrected chi connectivity index (χ1v) is 26.4. The molecule has 0 aliphatic heterocycles. The number of allylic oxidation sites excluding steroid dienone is 2. The van der Waals surface area contributed by atoms with E-state index in [4.69, 9.17) is 0 Å². The number of benzene rings is 6. The molecule has 2 aromatic heterocycles. The zero-order valence-corrected chi connectivity index (χ0v) is 41.7. The van der Waals surface area contributed by atoms with Crippen LogP contribution in [0.4, 0.5) is 0 Å². The molecular weight excluding hydrogens is 923 g/mol. The maximum Gasteiger partial charge on any atom is -1.00 e. The molecule has 2 aliphatic rings. The molecule has 0 radical (unpaired) electrons. The maximum absolute atomic E-state index is 2.59. The van der Waals surface area contributed by atoms with Crippen LogP contribution in [0.3, 0.4) is 0 Å². The molecule has 0 spiro atoms. The molecule has 4 unspecified atom stereocenters. The van der Waals surface area contributed by atoms with Crippen molar-refractivity contribution in [3.63, 3.8) is 0 Å². The summed E-state index contributed by atoms with van der Waals surface area (Å²) in [5.41, 5.74) is 19.6. The summed E-state index contributed by atoms with van der Waals surface area (Å²) in [7, 11) is 0. The van der Waals surface area contributed by atoms with Crippen LogP contribution in [-0.4, -0.2) is 0 Å². The van der Waals surface area contributed by atoms with E-state index in [2.05, 4.69) is 210 Å². The van der Waals surface area contributed by atoms with Gasteiger partial charge in [-0.2, -0.15) is 0 Å². The molecule has 10 rings (SSSR count). The van der Waals surface area contributed by atoms with Crippen molar-refractivity contribution in [3.05, 3.63) is 213 Å². The molecule has 0 N–H and O–H groups in total. The Kier molecular flexibility index (Phi) is 14.2. The molecule has 0 bridgehead atoms. The molecule has 0 saturated carbocycles. The smallest absolute Gasteiger partial charge is 1.00 e. The minimum absolute atomic E-state index is 0. The standard InChI is InChI=1S/2C29H25S.2ClH.Zr/c2*1-3-20(2)21-12-14-22(15-13-21)26-11-7-10-24-18-25(19-27(24)26)29-17-16-28(30-29)23-8-5-4-6-9-23;;;/h2*4-20H,3H2,1-2H3;2*1H;/q;;;;+2/p-2. The normalized spacial score (nSPS) is 15.8. The summed E-state index contributed by atoms with van der Waals surface area (Å²) in [5.74, 6) is 1.12. The molecule has 0 nitrogen and oxygen atoms in total.